The van der Waals surface area contributed by atoms with Gasteiger partial charge in [-0.25, -0.2) is 4.68 Å². The van der Waals surface area contributed by atoms with Gasteiger partial charge in [0, 0.05) is 21.5 Å². The van der Waals surface area contributed by atoms with Gasteiger partial charge in [0.25, 0.3) is 5.69 Å². The molecule has 6 nitrogen and oxygen atoms in total. The first kappa shape index (κ1) is 18.9. The summed E-state index contributed by atoms with van der Waals surface area (Å²) in [5.74, 6) is 0. The van der Waals surface area contributed by atoms with Gasteiger partial charge in [0.05, 0.1) is 28.9 Å². The number of para-hydroxylation sites is 1. The number of rotatable bonds is 6. The van der Waals surface area contributed by atoms with E-state index in [9.17, 15) is 10.1 Å². The Morgan fingerprint density at radius 3 is 2.70 bits per heavy atom. The fourth-order valence-electron chi connectivity index (χ4n) is 2.40. The van der Waals surface area contributed by atoms with Crippen molar-refractivity contribution >= 4 is 39.2 Å². The Morgan fingerprint density at radius 2 is 1.96 bits per heavy atom. The number of halogens is 1. The number of thiazole rings is 1. The maximum Gasteiger partial charge on any atom is 0.278 e. The first-order valence-electron chi connectivity index (χ1n) is 7.96. The molecular formula is C19H15BrN4O2S. The maximum atomic E-state index is 11.2. The molecule has 0 N–H and O–H groups in total. The monoisotopic (exact) mass is 442 g/mol. The minimum atomic E-state index is -0.419. The smallest absolute Gasteiger partial charge is 0.258 e. The number of nitrogens with zero attached hydrogens (tertiary/aromatic N) is 4. The van der Waals surface area contributed by atoms with E-state index in [-0.39, 0.29) is 5.69 Å². The van der Waals surface area contributed by atoms with Crippen LogP contribution in [0.15, 0.2) is 81.1 Å². The second-order valence-electron chi connectivity index (χ2n) is 5.39. The number of nitro groups is 1. The molecule has 0 spiro atoms. The second kappa shape index (κ2) is 8.70. The van der Waals surface area contributed by atoms with Crippen molar-refractivity contribution in [3.63, 3.8) is 0 Å². The molecule has 27 heavy (non-hydrogen) atoms. The van der Waals surface area contributed by atoms with Crippen LogP contribution >= 0.6 is 27.3 Å². The van der Waals surface area contributed by atoms with Crippen molar-refractivity contribution in [1.82, 2.24) is 4.68 Å². The number of aromatic nitrogens is 1. The fraction of sp³-hybridized carbons (Fsp3) is 0.0526. The molecule has 0 saturated heterocycles. The summed E-state index contributed by atoms with van der Waals surface area (Å²) in [5.41, 5.74) is 2.22. The number of nitro benzene ring substituents is 1. The van der Waals surface area contributed by atoms with E-state index in [1.54, 1.807) is 29.0 Å². The van der Waals surface area contributed by atoms with E-state index in [2.05, 4.69) is 32.6 Å². The van der Waals surface area contributed by atoms with Gasteiger partial charge in [-0.05, 0) is 12.1 Å². The Kier molecular flexibility index (Phi) is 6.10. The maximum absolute atomic E-state index is 11.2. The quantitative estimate of drug-likeness (QED) is 0.236. The normalized spacial score (nSPS) is 11.8. The van der Waals surface area contributed by atoms with Crippen molar-refractivity contribution in [3.05, 3.63) is 91.5 Å². The average Bonchev–Trinajstić information content (AvgIpc) is 3.07. The Hall–Kier alpha value is -2.84. The van der Waals surface area contributed by atoms with Crippen LogP contribution in [0.25, 0.3) is 11.3 Å². The van der Waals surface area contributed by atoms with Crippen molar-refractivity contribution in [2.45, 2.75) is 0 Å². The van der Waals surface area contributed by atoms with Gasteiger partial charge in [0.1, 0.15) is 0 Å². The zero-order chi connectivity index (χ0) is 19.2. The summed E-state index contributed by atoms with van der Waals surface area (Å²) in [6, 6.07) is 14.3. The van der Waals surface area contributed by atoms with Crippen LogP contribution in [0.1, 0.15) is 5.56 Å². The Labute approximate surface area is 168 Å². The third kappa shape index (κ3) is 4.29. The summed E-state index contributed by atoms with van der Waals surface area (Å²) in [6.45, 7) is 4.15. The van der Waals surface area contributed by atoms with E-state index in [4.69, 9.17) is 0 Å². The van der Waals surface area contributed by atoms with Crippen LogP contribution < -0.4 is 4.80 Å². The third-order valence-corrected chi connectivity index (χ3v) is 5.18. The highest BCUT2D eigenvalue weighted by Gasteiger charge is 2.12. The van der Waals surface area contributed by atoms with Crippen LogP contribution in [-0.2, 0) is 0 Å². The van der Waals surface area contributed by atoms with Crippen LogP contribution in [0.2, 0.25) is 0 Å². The first-order valence-corrected chi connectivity index (χ1v) is 9.63. The highest BCUT2D eigenvalue weighted by molar-refractivity contribution is 9.10. The molecule has 0 radical (unpaired) electrons. The number of hydrogen-bond donors (Lipinski definition) is 0. The number of benzene rings is 2. The molecule has 136 valence electrons. The van der Waals surface area contributed by atoms with Gasteiger partial charge < -0.3 is 0 Å². The molecule has 1 aromatic heterocycles. The van der Waals surface area contributed by atoms with Crippen molar-refractivity contribution in [2.24, 2.45) is 10.1 Å². The van der Waals surface area contributed by atoms with Gasteiger partial charge >= 0.3 is 0 Å². The summed E-state index contributed by atoms with van der Waals surface area (Å²) in [5, 5.41) is 17.7. The van der Waals surface area contributed by atoms with Crippen molar-refractivity contribution in [2.75, 3.05) is 6.54 Å². The van der Waals surface area contributed by atoms with Crippen LogP contribution in [0.4, 0.5) is 5.69 Å². The van der Waals surface area contributed by atoms with Gasteiger partial charge in [-0.1, -0.05) is 52.3 Å². The van der Waals surface area contributed by atoms with Gasteiger partial charge in [-0.3, -0.25) is 15.1 Å². The molecule has 0 atom stereocenters. The van der Waals surface area contributed by atoms with Crippen LogP contribution in [0.5, 0.6) is 0 Å². The van der Waals surface area contributed by atoms with E-state index in [1.807, 2.05) is 29.6 Å². The molecule has 3 rings (SSSR count). The molecule has 0 fully saturated rings. The van der Waals surface area contributed by atoms with Crippen molar-refractivity contribution in [1.29, 1.82) is 0 Å². The zero-order valence-electron chi connectivity index (χ0n) is 14.2. The molecule has 0 bridgehead atoms. The SMILES string of the molecule is C=CCN=c1scc(-c2ccccc2Br)n1N=Cc1ccccc1[N+](=O)[O-]. The molecular weight excluding hydrogens is 428 g/mol. The molecule has 0 amide bonds. The van der Waals surface area contributed by atoms with Crippen molar-refractivity contribution in [3.8, 4) is 11.3 Å². The standard InChI is InChI=1S/C19H15BrN4O2S/c1-2-11-21-19-23(18(13-27-19)15-8-4-5-9-16(15)20)22-12-14-7-3-6-10-17(14)24(25)26/h2-10,12-13H,1,11H2. The molecule has 0 aliphatic heterocycles. The third-order valence-electron chi connectivity index (χ3n) is 3.64. The Balaban J connectivity index is 2.14. The van der Waals surface area contributed by atoms with Crippen LogP contribution in [0, 0.1) is 10.1 Å². The molecule has 1 heterocycles. The lowest BCUT2D eigenvalue weighted by atomic mass is 10.2. The van der Waals surface area contributed by atoms with Gasteiger partial charge in [-0.15, -0.1) is 17.9 Å². The van der Waals surface area contributed by atoms with Gasteiger partial charge in [-0.2, -0.15) is 5.10 Å². The summed E-state index contributed by atoms with van der Waals surface area (Å²) in [7, 11) is 0. The molecule has 0 saturated carbocycles. The predicted octanol–water partition coefficient (Wildman–Crippen LogP) is 4.86. The fourth-order valence-corrected chi connectivity index (χ4v) is 3.73. The van der Waals surface area contributed by atoms with Gasteiger partial charge in [0.2, 0.25) is 4.80 Å². The minimum Gasteiger partial charge on any atom is -0.258 e. The van der Waals surface area contributed by atoms with Crippen LogP contribution in [0.3, 0.4) is 0 Å². The average molecular weight is 443 g/mol. The topological polar surface area (TPSA) is 72.8 Å². The summed E-state index contributed by atoms with van der Waals surface area (Å²) in [6.07, 6.45) is 3.19. The highest BCUT2D eigenvalue weighted by atomic mass is 79.9. The molecule has 8 heteroatoms. The van der Waals surface area contributed by atoms with Crippen molar-refractivity contribution < 1.29 is 4.92 Å². The summed E-state index contributed by atoms with van der Waals surface area (Å²) < 4.78 is 2.61. The molecule has 2 aromatic carbocycles. The van der Waals surface area contributed by atoms with E-state index in [0.717, 1.165) is 15.7 Å². The lowest BCUT2D eigenvalue weighted by Crippen LogP contribution is -2.12. The molecule has 0 unspecified atom stereocenters. The Morgan fingerprint density at radius 1 is 1.22 bits per heavy atom. The highest BCUT2D eigenvalue weighted by Crippen LogP contribution is 2.28. The van der Waals surface area contributed by atoms with E-state index in [0.29, 0.717) is 16.9 Å². The Bertz CT molecular complexity index is 1090. The predicted molar refractivity (Wildman–Crippen MR) is 112 cm³/mol. The minimum absolute atomic E-state index is 0.00380. The van der Waals surface area contributed by atoms with E-state index in [1.165, 1.54) is 23.6 Å². The zero-order valence-corrected chi connectivity index (χ0v) is 16.6. The first-order chi connectivity index (χ1) is 13.1. The molecule has 0 aliphatic rings. The summed E-state index contributed by atoms with van der Waals surface area (Å²) in [4.78, 5) is 16.0. The second-order valence-corrected chi connectivity index (χ2v) is 7.08. The lowest BCUT2D eigenvalue weighted by molar-refractivity contribution is -0.385. The summed E-state index contributed by atoms with van der Waals surface area (Å²) >= 11 is 5.00. The molecule has 3 aromatic rings. The van der Waals surface area contributed by atoms with E-state index < -0.39 is 4.92 Å². The lowest BCUT2D eigenvalue weighted by Gasteiger charge is -2.05. The largest absolute Gasteiger partial charge is 0.278 e. The van der Waals surface area contributed by atoms with Gasteiger partial charge in [0.15, 0.2) is 0 Å². The number of hydrogen-bond acceptors (Lipinski definition) is 5. The van der Waals surface area contributed by atoms with Crippen LogP contribution in [-0.4, -0.2) is 22.4 Å². The van der Waals surface area contributed by atoms with E-state index >= 15 is 0 Å². The molecule has 0 aliphatic carbocycles.